The Morgan fingerprint density at radius 3 is 2.55 bits per heavy atom. The Kier molecular flexibility index (Phi) is 7.35. The molecule has 1 unspecified atom stereocenters. The molecule has 1 aromatic heterocycles. The van der Waals surface area contributed by atoms with Crippen LogP contribution in [0.25, 0.3) is 0 Å². The first kappa shape index (κ1) is 23.7. The summed E-state index contributed by atoms with van der Waals surface area (Å²) >= 11 is 5.26. The van der Waals surface area contributed by atoms with Crippen molar-refractivity contribution in [3.8, 4) is 0 Å². The van der Waals surface area contributed by atoms with E-state index in [1.54, 1.807) is 22.3 Å². The third kappa shape index (κ3) is 5.07. The van der Waals surface area contributed by atoms with Gasteiger partial charge in [-0.05, 0) is 75.5 Å². The Hall–Kier alpha value is -2.44. The van der Waals surface area contributed by atoms with E-state index in [1.807, 2.05) is 35.2 Å². The molecule has 2 aromatic carbocycles. The molecule has 0 aliphatic carbocycles. The molecule has 172 valence electrons. The van der Waals surface area contributed by atoms with Crippen molar-refractivity contribution in [2.24, 2.45) is 5.92 Å². The van der Waals surface area contributed by atoms with Crippen LogP contribution in [-0.4, -0.2) is 41.2 Å². The number of halogens is 1. The lowest BCUT2D eigenvalue weighted by molar-refractivity contribution is -0.134. The summed E-state index contributed by atoms with van der Waals surface area (Å²) in [5, 5.41) is 2.12. The summed E-state index contributed by atoms with van der Waals surface area (Å²) in [6, 6.07) is 17.7. The first-order chi connectivity index (χ1) is 15.9. The van der Waals surface area contributed by atoms with Gasteiger partial charge in [-0.15, -0.1) is 11.3 Å². The van der Waals surface area contributed by atoms with Crippen molar-refractivity contribution >= 4 is 39.1 Å². The first-order valence-corrected chi connectivity index (χ1v) is 13.0. The second-order valence-corrected chi connectivity index (χ2v) is 10.8. The largest absolute Gasteiger partial charge is 0.330 e. The van der Waals surface area contributed by atoms with Gasteiger partial charge in [0.2, 0.25) is 5.91 Å². The number of amides is 2. The second-order valence-electron chi connectivity index (χ2n) is 8.95. The molecule has 6 heteroatoms. The molecule has 1 aliphatic rings. The van der Waals surface area contributed by atoms with Gasteiger partial charge in [0.25, 0.3) is 5.91 Å². The fraction of sp³-hybridized carbons (Fsp3) is 0.333. The molecule has 0 N–H and O–H groups in total. The second kappa shape index (κ2) is 10.2. The van der Waals surface area contributed by atoms with E-state index in [-0.39, 0.29) is 30.3 Å². The van der Waals surface area contributed by atoms with Gasteiger partial charge < -0.3 is 9.80 Å². The molecule has 4 rings (SSSR count). The minimum atomic E-state index is -0.120. The van der Waals surface area contributed by atoms with Crippen molar-refractivity contribution in [2.45, 2.75) is 33.2 Å². The zero-order valence-corrected chi connectivity index (χ0v) is 21.7. The Morgan fingerprint density at radius 2 is 1.82 bits per heavy atom. The standard InChI is InChI=1S/C27H29BrN2O2S/c1-18(2)16-29(27(32)21-10-6-7-11-23(21)28)17-25(31)30-14-12-24-22(13-15-33-24)26(30)20-9-5-4-8-19(20)3/h4-11,13,15,18,26H,12,14,16-17H2,1-3H3. The Bertz CT molecular complexity index is 1160. The Morgan fingerprint density at radius 1 is 1.09 bits per heavy atom. The molecule has 33 heavy (non-hydrogen) atoms. The number of aryl methyl sites for hydroxylation is 1. The van der Waals surface area contributed by atoms with E-state index in [2.05, 4.69) is 60.3 Å². The molecule has 0 saturated carbocycles. The molecular weight excluding hydrogens is 496 g/mol. The summed E-state index contributed by atoms with van der Waals surface area (Å²) in [4.78, 5) is 32.2. The predicted molar refractivity (Wildman–Crippen MR) is 138 cm³/mol. The maximum absolute atomic E-state index is 13.8. The highest BCUT2D eigenvalue weighted by Gasteiger charge is 2.35. The van der Waals surface area contributed by atoms with Gasteiger partial charge in [0, 0.05) is 22.4 Å². The summed E-state index contributed by atoms with van der Waals surface area (Å²) in [5.74, 6) is 0.118. The van der Waals surface area contributed by atoms with Crippen LogP contribution in [0.1, 0.15) is 51.8 Å². The van der Waals surface area contributed by atoms with Crippen LogP contribution in [-0.2, 0) is 11.2 Å². The molecule has 2 amide bonds. The number of nitrogens with zero attached hydrogens (tertiary/aromatic N) is 2. The van der Waals surface area contributed by atoms with Crippen LogP contribution >= 0.6 is 27.3 Å². The van der Waals surface area contributed by atoms with Gasteiger partial charge in [0.15, 0.2) is 0 Å². The molecule has 0 bridgehead atoms. The highest BCUT2D eigenvalue weighted by molar-refractivity contribution is 9.10. The molecule has 3 aromatic rings. The van der Waals surface area contributed by atoms with Crippen molar-refractivity contribution in [2.75, 3.05) is 19.6 Å². The average Bonchev–Trinajstić information content (AvgIpc) is 3.27. The minimum Gasteiger partial charge on any atom is -0.330 e. The average molecular weight is 526 g/mol. The summed E-state index contributed by atoms with van der Waals surface area (Å²) in [6.07, 6.45) is 0.851. The van der Waals surface area contributed by atoms with Crippen LogP contribution in [0.15, 0.2) is 64.5 Å². The van der Waals surface area contributed by atoms with Crippen LogP contribution in [0.3, 0.4) is 0 Å². The number of thiophene rings is 1. The van der Waals surface area contributed by atoms with Crippen LogP contribution in [0, 0.1) is 12.8 Å². The maximum Gasteiger partial charge on any atom is 0.255 e. The molecule has 0 saturated heterocycles. The number of fused-ring (bicyclic) bond motifs is 1. The fourth-order valence-electron chi connectivity index (χ4n) is 4.53. The topological polar surface area (TPSA) is 40.6 Å². The van der Waals surface area contributed by atoms with Gasteiger partial charge >= 0.3 is 0 Å². The number of carbonyl (C=O) groups excluding carboxylic acids is 2. The Labute approximate surface area is 208 Å². The van der Waals surface area contributed by atoms with E-state index in [0.717, 1.165) is 16.5 Å². The van der Waals surface area contributed by atoms with Gasteiger partial charge in [-0.1, -0.05) is 50.2 Å². The zero-order valence-electron chi connectivity index (χ0n) is 19.3. The van der Waals surface area contributed by atoms with Crippen LogP contribution in [0.4, 0.5) is 0 Å². The lowest BCUT2D eigenvalue weighted by Gasteiger charge is -2.38. The summed E-state index contributed by atoms with van der Waals surface area (Å²) in [5.41, 5.74) is 4.11. The molecule has 0 spiro atoms. The Balaban J connectivity index is 1.65. The summed E-state index contributed by atoms with van der Waals surface area (Å²) < 4.78 is 0.745. The van der Waals surface area contributed by atoms with Gasteiger partial charge in [-0.3, -0.25) is 9.59 Å². The maximum atomic E-state index is 13.8. The van der Waals surface area contributed by atoms with Gasteiger partial charge in [-0.25, -0.2) is 0 Å². The van der Waals surface area contributed by atoms with Crippen molar-refractivity contribution in [1.82, 2.24) is 9.80 Å². The summed E-state index contributed by atoms with van der Waals surface area (Å²) in [7, 11) is 0. The van der Waals surface area contributed by atoms with E-state index < -0.39 is 0 Å². The molecule has 4 nitrogen and oxygen atoms in total. The smallest absolute Gasteiger partial charge is 0.255 e. The number of rotatable bonds is 6. The van der Waals surface area contributed by atoms with Gasteiger partial charge in [0.1, 0.15) is 6.54 Å². The predicted octanol–water partition coefficient (Wildman–Crippen LogP) is 6.09. The fourth-order valence-corrected chi connectivity index (χ4v) is 5.89. The van der Waals surface area contributed by atoms with Crippen LogP contribution in [0.2, 0.25) is 0 Å². The highest BCUT2D eigenvalue weighted by atomic mass is 79.9. The molecular formula is C27H29BrN2O2S. The van der Waals surface area contributed by atoms with Crippen molar-refractivity contribution in [3.63, 3.8) is 0 Å². The van der Waals surface area contributed by atoms with Crippen molar-refractivity contribution < 1.29 is 9.59 Å². The quantitative estimate of drug-likeness (QED) is 0.391. The molecule has 0 fully saturated rings. The highest BCUT2D eigenvalue weighted by Crippen LogP contribution is 2.39. The minimum absolute atomic E-state index is 0.0128. The van der Waals surface area contributed by atoms with E-state index in [9.17, 15) is 9.59 Å². The van der Waals surface area contributed by atoms with Crippen molar-refractivity contribution in [3.05, 3.63) is 91.6 Å². The van der Waals surface area contributed by atoms with Gasteiger partial charge in [0.05, 0.1) is 11.6 Å². The third-order valence-corrected chi connectivity index (χ3v) is 7.76. The molecule has 1 atom stereocenters. The summed E-state index contributed by atoms with van der Waals surface area (Å²) in [6.45, 7) is 7.49. The van der Waals surface area contributed by atoms with Crippen molar-refractivity contribution in [1.29, 1.82) is 0 Å². The number of benzene rings is 2. The lowest BCUT2D eigenvalue weighted by Crippen LogP contribution is -2.47. The van der Waals surface area contributed by atoms with E-state index in [4.69, 9.17) is 0 Å². The van der Waals surface area contributed by atoms with Gasteiger partial charge in [-0.2, -0.15) is 0 Å². The molecule has 2 heterocycles. The van der Waals surface area contributed by atoms with Crippen LogP contribution < -0.4 is 0 Å². The van der Waals surface area contributed by atoms with E-state index >= 15 is 0 Å². The van der Waals surface area contributed by atoms with E-state index in [0.29, 0.717) is 18.7 Å². The SMILES string of the molecule is Cc1ccccc1C1c2ccsc2CCN1C(=O)CN(CC(C)C)C(=O)c1ccccc1Br. The lowest BCUT2D eigenvalue weighted by atomic mass is 9.90. The van der Waals surface area contributed by atoms with E-state index in [1.165, 1.54) is 16.0 Å². The number of carbonyl (C=O) groups is 2. The zero-order chi connectivity index (χ0) is 23.5. The monoisotopic (exact) mass is 524 g/mol. The molecule has 1 aliphatic heterocycles. The third-order valence-electron chi connectivity index (χ3n) is 6.07. The molecule has 0 radical (unpaired) electrons. The first-order valence-electron chi connectivity index (χ1n) is 11.3. The number of hydrogen-bond donors (Lipinski definition) is 0. The normalized spacial score (nSPS) is 15.4. The number of hydrogen-bond acceptors (Lipinski definition) is 3. The van der Waals surface area contributed by atoms with Crippen LogP contribution in [0.5, 0.6) is 0 Å².